The lowest BCUT2D eigenvalue weighted by Gasteiger charge is -2.11. The smallest absolute Gasteiger partial charge is 0.341 e. The highest BCUT2D eigenvalue weighted by Gasteiger charge is 2.21. The summed E-state index contributed by atoms with van der Waals surface area (Å²) in [6, 6.07) is 17.2. The van der Waals surface area contributed by atoms with E-state index in [0.717, 1.165) is 28.2 Å². The van der Waals surface area contributed by atoms with Crippen LogP contribution in [0.2, 0.25) is 0 Å². The van der Waals surface area contributed by atoms with Crippen molar-refractivity contribution in [2.45, 2.75) is 19.8 Å². The number of rotatable bonds is 9. The summed E-state index contributed by atoms with van der Waals surface area (Å²) in [6.07, 6.45) is 0. The van der Waals surface area contributed by atoms with Crippen molar-refractivity contribution in [3.05, 3.63) is 83.4 Å². The zero-order chi connectivity index (χ0) is 27.5. The first kappa shape index (κ1) is 25.8. The predicted molar refractivity (Wildman–Crippen MR) is 146 cm³/mol. The lowest BCUT2D eigenvalue weighted by atomic mass is 10.1. The molecule has 2 aromatic heterocycles. The molecule has 2 heterocycles. The highest BCUT2D eigenvalue weighted by molar-refractivity contribution is 5.97. The molecule has 5 rings (SSSR count). The summed E-state index contributed by atoms with van der Waals surface area (Å²) in [7, 11) is 1.91. The van der Waals surface area contributed by atoms with Crippen molar-refractivity contribution in [3.63, 3.8) is 0 Å². The van der Waals surface area contributed by atoms with Gasteiger partial charge in [0.25, 0.3) is 5.91 Å². The molecule has 0 saturated carbocycles. The maximum atomic E-state index is 12.9. The van der Waals surface area contributed by atoms with Crippen LogP contribution in [0.15, 0.2) is 60.7 Å². The number of ether oxygens (including phenoxy) is 2. The number of para-hydroxylation sites is 1. The van der Waals surface area contributed by atoms with E-state index in [9.17, 15) is 14.7 Å². The van der Waals surface area contributed by atoms with Crippen LogP contribution in [-0.4, -0.2) is 56.3 Å². The van der Waals surface area contributed by atoms with Gasteiger partial charge in [0.15, 0.2) is 0 Å². The monoisotopic (exact) mass is 527 g/mol. The summed E-state index contributed by atoms with van der Waals surface area (Å²) >= 11 is 0. The van der Waals surface area contributed by atoms with Crippen molar-refractivity contribution in [3.8, 4) is 11.5 Å². The Labute approximate surface area is 224 Å². The minimum Gasteiger partial charge on any atom is -0.508 e. The molecule has 0 bridgehead atoms. The van der Waals surface area contributed by atoms with Gasteiger partial charge < -0.3 is 29.4 Å². The van der Waals surface area contributed by atoms with Gasteiger partial charge in [-0.2, -0.15) is 0 Å². The molecule has 0 saturated heterocycles. The SMILES string of the molecule is CCOC(=O)c1ccccc1OCCNC(=O)c1ccc2nc(C(C)c3nc4cc(O)ccc4[nH]3)n(C)c2c1. The van der Waals surface area contributed by atoms with E-state index in [-0.39, 0.29) is 37.3 Å². The first-order valence-electron chi connectivity index (χ1n) is 12.7. The van der Waals surface area contributed by atoms with Gasteiger partial charge in [-0.15, -0.1) is 0 Å². The van der Waals surface area contributed by atoms with Crippen molar-refractivity contribution in [1.82, 2.24) is 24.8 Å². The van der Waals surface area contributed by atoms with Crippen molar-refractivity contribution < 1.29 is 24.2 Å². The molecule has 0 fully saturated rings. The van der Waals surface area contributed by atoms with Gasteiger partial charge in [0.1, 0.15) is 35.3 Å². The number of fused-ring (bicyclic) bond motifs is 2. The maximum absolute atomic E-state index is 12.9. The topological polar surface area (TPSA) is 131 Å². The fourth-order valence-corrected chi connectivity index (χ4v) is 4.48. The lowest BCUT2D eigenvalue weighted by Crippen LogP contribution is -2.28. The number of aromatic nitrogens is 4. The largest absolute Gasteiger partial charge is 0.508 e. The maximum Gasteiger partial charge on any atom is 0.341 e. The second kappa shape index (κ2) is 10.9. The number of imidazole rings is 2. The Morgan fingerprint density at radius 1 is 1.08 bits per heavy atom. The number of nitrogens with one attached hydrogen (secondary N) is 2. The number of hydrogen-bond donors (Lipinski definition) is 3. The normalized spacial score (nSPS) is 12.0. The predicted octanol–water partition coefficient (Wildman–Crippen LogP) is 4.29. The number of amides is 1. The zero-order valence-electron chi connectivity index (χ0n) is 21.9. The zero-order valence-corrected chi connectivity index (χ0v) is 21.9. The van der Waals surface area contributed by atoms with Crippen LogP contribution in [0.5, 0.6) is 11.5 Å². The second-order valence-corrected chi connectivity index (χ2v) is 9.10. The van der Waals surface area contributed by atoms with E-state index in [2.05, 4.69) is 15.3 Å². The van der Waals surface area contributed by atoms with Crippen LogP contribution < -0.4 is 10.1 Å². The summed E-state index contributed by atoms with van der Waals surface area (Å²) in [5.74, 6) is 1.25. The third-order valence-corrected chi connectivity index (χ3v) is 6.49. The van der Waals surface area contributed by atoms with Crippen molar-refractivity contribution >= 4 is 33.9 Å². The van der Waals surface area contributed by atoms with Gasteiger partial charge in [-0.25, -0.2) is 14.8 Å². The van der Waals surface area contributed by atoms with Crippen LogP contribution in [0, 0.1) is 0 Å². The van der Waals surface area contributed by atoms with E-state index in [4.69, 9.17) is 14.5 Å². The van der Waals surface area contributed by atoms with E-state index >= 15 is 0 Å². The van der Waals surface area contributed by atoms with E-state index in [1.54, 1.807) is 55.5 Å². The third-order valence-electron chi connectivity index (χ3n) is 6.49. The summed E-state index contributed by atoms with van der Waals surface area (Å²) in [6.45, 7) is 4.47. The average molecular weight is 528 g/mol. The summed E-state index contributed by atoms with van der Waals surface area (Å²) in [4.78, 5) is 37.7. The first-order chi connectivity index (χ1) is 18.9. The van der Waals surface area contributed by atoms with E-state index in [1.807, 2.05) is 30.7 Å². The Morgan fingerprint density at radius 3 is 2.72 bits per heavy atom. The number of aromatic hydroxyl groups is 1. The van der Waals surface area contributed by atoms with E-state index in [1.165, 1.54) is 0 Å². The van der Waals surface area contributed by atoms with Crippen molar-refractivity contribution in [1.29, 1.82) is 0 Å². The highest BCUT2D eigenvalue weighted by Crippen LogP contribution is 2.28. The molecule has 10 heteroatoms. The van der Waals surface area contributed by atoms with Gasteiger partial charge in [0.05, 0.1) is 41.1 Å². The molecule has 0 radical (unpaired) electrons. The quantitative estimate of drug-likeness (QED) is 0.192. The molecule has 1 amide bonds. The molecule has 1 atom stereocenters. The van der Waals surface area contributed by atoms with Crippen LogP contribution in [-0.2, 0) is 11.8 Å². The van der Waals surface area contributed by atoms with E-state index in [0.29, 0.717) is 22.4 Å². The Kier molecular flexibility index (Phi) is 7.18. The summed E-state index contributed by atoms with van der Waals surface area (Å²) in [5, 5.41) is 12.6. The molecule has 3 aromatic carbocycles. The number of aryl methyl sites for hydroxylation is 1. The molecule has 200 valence electrons. The van der Waals surface area contributed by atoms with Crippen LogP contribution >= 0.6 is 0 Å². The van der Waals surface area contributed by atoms with Crippen molar-refractivity contribution in [2.24, 2.45) is 7.05 Å². The molecule has 10 nitrogen and oxygen atoms in total. The molecular formula is C29H29N5O5. The van der Waals surface area contributed by atoms with Crippen LogP contribution in [0.25, 0.3) is 22.1 Å². The fraction of sp³-hybridized carbons (Fsp3) is 0.241. The molecule has 39 heavy (non-hydrogen) atoms. The van der Waals surface area contributed by atoms with Gasteiger partial charge in [0, 0.05) is 18.7 Å². The molecule has 1 unspecified atom stereocenters. The molecule has 3 N–H and O–H groups in total. The van der Waals surface area contributed by atoms with Gasteiger partial charge in [-0.3, -0.25) is 4.79 Å². The number of carbonyl (C=O) groups is 2. The molecule has 5 aromatic rings. The molecular weight excluding hydrogens is 498 g/mol. The Morgan fingerprint density at radius 2 is 1.90 bits per heavy atom. The number of benzene rings is 3. The number of nitrogens with zero attached hydrogens (tertiary/aromatic N) is 3. The molecule has 0 aliphatic rings. The molecule has 0 spiro atoms. The van der Waals surface area contributed by atoms with Crippen LogP contribution in [0.4, 0.5) is 0 Å². The van der Waals surface area contributed by atoms with Gasteiger partial charge in [-0.05, 0) is 56.3 Å². The van der Waals surface area contributed by atoms with Gasteiger partial charge in [-0.1, -0.05) is 12.1 Å². The van der Waals surface area contributed by atoms with Crippen LogP contribution in [0.1, 0.15) is 52.1 Å². The number of H-pyrrole nitrogens is 1. The van der Waals surface area contributed by atoms with Gasteiger partial charge in [0.2, 0.25) is 0 Å². The minimum absolute atomic E-state index is 0.149. The fourth-order valence-electron chi connectivity index (χ4n) is 4.48. The van der Waals surface area contributed by atoms with Gasteiger partial charge >= 0.3 is 5.97 Å². The lowest BCUT2D eigenvalue weighted by molar-refractivity contribution is 0.0521. The standard InChI is InChI=1S/C29H29N5O5/c1-4-38-29(37)20-7-5-6-8-25(20)39-14-13-30-28(36)18-9-11-22-24(15-18)34(3)27(33-22)17(2)26-31-21-12-10-19(35)16-23(21)32-26/h5-12,15-17,35H,4,13-14H2,1-3H3,(H,30,36)(H,31,32). The Bertz CT molecular complexity index is 1670. The molecule has 0 aliphatic heterocycles. The highest BCUT2D eigenvalue weighted by atomic mass is 16.5. The van der Waals surface area contributed by atoms with Crippen LogP contribution in [0.3, 0.4) is 0 Å². The average Bonchev–Trinajstić information content (AvgIpc) is 3.51. The first-order valence-corrected chi connectivity index (χ1v) is 12.7. The Balaban J connectivity index is 1.26. The third kappa shape index (κ3) is 5.26. The number of aromatic amines is 1. The minimum atomic E-state index is -0.449. The number of phenols is 1. The summed E-state index contributed by atoms with van der Waals surface area (Å²) < 4.78 is 12.7. The van der Waals surface area contributed by atoms with Crippen molar-refractivity contribution in [2.75, 3.05) is 19.8 Å². The summed E-state index contributed by atoms with van der Waals surface area (Å²) in [5.41, 5.74) is 3.94. The second-order valence-electron chi connectivity index (χ2n) is 9.10. The van der Waals surface area contributed by atoms with E-state index < -0.39 is 5.97 Å². The Hall–Kier alpha value is -4.86. The number of phenolic OH excluding ortho intramolecular Hbond substituents is 1. The number of hydrogen-bond acceptors (Lipinski definition) is 7. The number of carbonyl (C=O) groups excluding carboxylic acids is 2. The number of esters is 1. The molecule has 0 aliphatic carbocycles.